The molecule has 3 aromatic rings. The van der Waals surface area contributed by atoms with Crippen molar-refractivity contribution in [3.63, 3.8) is 0 Å². The number of hydrogen-bond donors (Lipinski definition) is 2. The second-order valence-corrected chi connectivity index (χ2v) is 9.42. The van der Waals surface area contributed by atoms with E-state index in [2.05, 4.69) is 10.6 Å². The van der Waals surface area contributed by atoms with Gasteiger partial charge in [-0.05, 0) is 93.4 Å². The molecule has 0 saturated carbocycles. The molecule has 0 aromatic heterocycles. The molecule has 0 bridgehead atoms. The van der Waals surface area contributed by atoms with Crippen LogP contribution in [0.1, 0.15) is 45.7 Å². The Kier molecular flexibility index (Phi) is 7.64. The number of hydrogen-bond acceptors (Lipinski definition) is 6. The second-order valence-electron chi connectivity index (χ2n) is 9.04. The molecule has 0 saturated heterocycles. The van der Waals surface area contributed by atoms with Crippen LogP contribution in [0, 0.1) is 13.8 Å². The van der Waals surface area contributed by atoms with Crippen molar-refractivity contribution in [1.82, 2.24) is 0 Å². The third-order valence-corrected chi connectivity index (χ3v) is 6.35. The van der Waals surface area contributed by atoms with E-state index in [1.54, 1.807) is 38.1 Å². The fourth-order valence-corrected chi connectivity index (χ4v) is 4.02. The van der Waals surface area contributed by atoms with Crippen molar-refractivity contribution in [3.8, 4) is 0 Å². The van der Waals surface area contributed by atoms with Crippen LogP contribution in [0.2, 0.25) is 0 Å². The number of anilines is 3. The molecule has 8 nitrogen and oxygen atoms in total. The van der Waals surface area contributed by atoms with Gasteiger partial charge in [-0.3, -0.25) is 14.4 Å². The zero-order chi connectivity index (χ0) is 27.6. The highest BCUT2D eigenvalue weighted by atomic mass is 35.5. The minimum absolute atomic E-state index is 0.0902. The van der Waals surface area contributed by atoms with E-state index in [4.69, 9.17) is 16.3 Å². The van der Waals surface area contributed by atoms with Gasteiger partial charge < -0.3 is 15.4 Å². The van der Waals surface area contributed by atoms with E-state index in [0.717, 1.165) is 21.7 Å². The van der Waals surface area contributed by atoms with E-state index < -0.39 is 17.8 Å². The highest BCUT2D eigenvalue weighted by Crippen LogP contribution is 2.30. The average molecular weight is 532 g/mol. The Labute approximate surface area is 225 Å². The van der Waals surface area contributed by atoms with Crippen LogP contribution in [0.5, 0.6) is 0 Å². The van der Waals surface area contributed by atoms with Crippen molar-refractivity contribution in [3.05, 3.63) is 99.7 Å². The van der Waals surface area contributed by atoms with E-state index in [-0.39, 0.29) is 28.4 Å². The van der Waals surface area contributed by atoms with E-state index in [1.165, 1.54) is 24.3 Å². The van der Waals surface area contributed by atoms with E-state index in [0.29, 0.717) is 16.8 Å². The maximum atomic E-state index is 13.1. The summed E-state index contributed by atoms with van der Waals surface area (Å²) in [4.78, 5) is 51.6. The molecule has 0 spiro atoms. The van der Waals surface area contributed by atoms with E-state index >= 15 is 0 Å². The molecule has 2 N–H and O–H groups in total. The minimum Gasteiger partial charge on any atom is -0.459 e. The number of halogens is 1. The number of carbonyl (C=O) groups is 4. The van der Waals surface area contributed by atoms with Crippen molar-refractivity contribution in [2.24, 2.45) is 0 Å². The van der Waals surface area contributed by atoms with Crippen LogP contribution >= 0.6 is 11.6 Å². The quantitative estimate of drug-likeness (QED) is 0.305. The number of nitrogens with zero attached hydrogens (tertiary/aromatic N) is 1. The van der Waals surface area contributed by atoms with E-state index in [1.807, 2.05) is 32.0 Å². The molecule has 9 heteroatoms. The first kappa shape index (κ1) is 26.6. The van der Waals surface area contributed by atoms with Crippen LogP contribution in [0.3, 0.4) is 0 Å². The SMILES string of the molecule is Cc1cccc(NC(=O)c2ccc(NC3=C(Cl)C(=O)N(c4ccc(C(=O)OC(C)C)cc4)C3=O)cc2)c1C. The first-order valence-electron chi connectivity index (χ1n) is 11.9. The predicted octanol–water partition coefficient (Wildman–Crippen LogP) is 5.56. The summed E-state index contributed by atoms with van der Waals surface area (Å²) in [6, 6.07) is 18.0. The Bertz CT molecular complexity index is 1460. The fourth-order valence-electron chi connectivity index (χ4n) is 3.80. The van der Waals surface area contributed by atoms with Crippen LogP contribution in [-0.4, -0.2) is 29.8 Å². The summed E-state index contributed by atoms with van der Waals surface area (Å²) in [5, 5.41) is 5.52. The number of amides is 3. The number of nitrogens with one attached hydrogen (secondary N) is 2. The first-order valence-corrected chi connectivity index (χ1v) is 12.3. The third-order valence-electron chi connectivity index (χ3n) is 6.00. The topological polar surface area (TPSA) is 105 Å². The highest BCUT2D eigenvalue weighted by molar-refractivity contribution is 6.53. The molecule has 0 aliphatic carbocycles. The highest BCUT2D eigenvalue weighted by Gasteiger charge is 2.39. The van der Waals surface area contributed by atoms with Gasteiger partial charge in [0.1, 0.15) is 10.7 Å². The van der Waals surface area contributed by atoms with Crippen molar-refractivity contribution in [2.75, 3.05) is 15.5 Å². The fraction of sp³-hybridized carbons (Fsp3) is 0.172. The first-order chi connectivity index (χ1) is 18.1. The number of aryl methyl sites for hydroxylation is 1. The lowest BCUT2D eigenvalue weighted by molar-refractivity contribution is -0.120. The molecule has 1 heterocycles. The number of rotatable bonds is 7. The van der Waals surface area contributed by atoms with Crippen LogP contribution < -0.4 is 15.5 Å². The van der Waals surface area contributed by atoms with Crippen molar-refractivity contribution < 1.29 is 23.9 Å². The molecule has 1 aliphatic heterocycles. The Balaban J connectivity index is 1.45. The summed E-state index contributed by atoms with van der Waals surface area (Å²) in [6.45, 7) is 7.39. The molecule has 0 unspecified atom stereocenters. The maximum Gasteiger partial charge on any atom is 0.338 e. The molecular formula is C29H26ClN3O5. The van der Waals surface area contributed by atoms with Gasteiger partial charge in [0.25, 0.3) is 17.7 Å². The van der Waals surface area contributed by atoms with Gasteiger partial charge in [-0.1, -0.05) is 23.7 Å². The zero-order valence-corrected chi connectivity index (χ0v) is 22.1. The Hall–Kier alpha value is -4.43. The standard InChI is InChI=1S/C29H26ClN3O5/c1-16(2)38-29(37)20-10-14-22(15-11-20)33-27(35)24(30)25(28(33)36)31-21-12-8-19(9-13-21)26(34)32-23-7-5-6-17(3)18(23)4/h5-16,31H,1-4H3,(H,32,34). The van der Waals surface area contributed by atoms with Gasteiger partial charge in [-0.25, -0.2) is 9.69 Å². The van der Waals surface area contributed by atoms with Gasteiger partial charge in [0.05, 0.1) is 17.4 Å². The summed E-state index contributed by atoms with van der Waals surface area (Å²) in [5.41, 5.74) is 4.14. The summed E-state index contributed by atoms with van der Waals surface area (Å²) in [6.07, 6.45) is -0.277. The van der Waals surface area contributed by atoms with Crippen molar-refractivity contribution in [1.29, 1.82) is 0 Å². The van der Waals surface area contributed by atoms with Gasteiger partial charge >= 0.3 is 5.97 Å². The molecular weight excluding hydrogens is 506 g/mol. The summed E-state index contributed by atoms with van der Waals surface area (Å²) < 4.78 is 5.16. The summed E-state index contributed by atoms with van der Waals surface area (Å²) >= 11 is 6.22. The number of carbonyl (C=O) groups excluding carboxylic acids is 4. The average Bonchev–Trinajstić information content (AvgIpc) is 3.09. The second kappa shape index (κ2) is 10.9. The lowest BCUT2D eigenvalue weighted by Crippen LogP contribution is -2.32. The maximum absolute atomic E-state index is 13.1. The third kappa shape index (κ3) is 5.45. The Morgan fingerprint density at radius 3 is 2.13 bits per heavy atom. The van der Waals surface area contributed by atoms with Crippen molar-refractivity contribution in [2.45, 2.75) is 33.8 Å². The zero-order valence-electron chi connectivity index (χ0n) is 21.3. The molecule has 3 aromatic carbocycles. The lowest BCUT2D eigenvalue weighted by atomic mass is 10.1. The van der Waals surface area contributed by atoms with Crippen LogP contribution in [0.25, 0.3) is 0 Å². The molecule has 194 valence electrons. The summed E-state index contributed by atoms with van der Waals surface area (Å²) in [7, 11) is 0. The number of esters is 1. The lowest BCUT2D eigenvalue weighted by Gasteiger charge is -2.16. The molecule has 1 aliphatic rings. The summed E-state index contributed by atoms with van der Waals surface area (Å²) in [5.74, 6) is -2.12. The van der Waals surface area contributed by atoms with E-state index in [9.17, 15) is 19.2 Å². The smallest absolute Gasteiger partial charge is 0.338 e. The monoisotopic (exact) mass is 531 g/mol. The normalized spacial score (nSPS) is 13.3. The largest absolute Gasteiger partial charge is 0.459 e. The number of ether oxygens (including phenoxy) is 1. The number of benzene rings is 3. The molecule has 38 heavy (non-hydrogen) atoms. The van der Waals surface area contributed by atoms with Crippen LogP contribution in [0.4, 0.5) is 17.1 Å². The van der Waals surface area contributed by atoms with Crippen molar-refractivity contribution >= 4 is 52.4 Å². The van der Waals surface area contributed by atoms with Gasteiger partial charge in [0.15, 0.2) is 0 Å². The predicted molar refractivity (Wildman–Crippen MR) is 146 cm³/mol. The molecule has 0 fully saturated rings. The van der Waals surface area contributed by atoms with Gasteiger partial charge in [-0.2, -0.15) is 0 Å². The van der Waals surface area contributed by atoms with Gasteiger partial charge in [0, 0.05) is 16.9 Å². The number of imide groups is 1. The molecule has 0 atom stereocenters. The molecule has 4 rings (SSSR count). The Morgan fingerprint density at radius 1 is 0.868 bits per heavy atom. The van der Waals surface area contributed by atoms with Crippen LogP contribution in [0.15, 0.2) is 77.5 Å². The minimum atomic E-state index is -0.693. The molecule has 0 radical (unpaired) electrons. The van der Waals surface area contributed by atoms with Gasteiger partial charge in [-0.15, -0.1) is 0 Å². The molecule has 3 amide bonds. The van der Waals surface area contributed by atoms with Gasteiger partial charge in [0.2, 0.25) is 0 Å². The van der Waals surface area contributed by atoms with Crippen LogP contribution in [-0.2, 0) is 14.3 Å². The Morgan fingerprint density at radius 2 is 1.50 bits per heavy atom.